The summed E-state index contributed by atoms with van der Waals surface area (Å²) in [6.07, 6.45) is 0. The van der Waals surface area contributed by atoms with Crippen molar-refractivity contribution in [3.63, 3.8) is 0 Å². The molecule has 1 unspecified atom stereocenters. The van der Waals surface area contributed by atoms with E-state index in [1.165, 1.54) is 13.2 Å². The molecular weight excluding hydrogens is 409 g/mol. The van der Waals surface area contributed by atoms with Gasteiger partial charge >= 0.3 is 0 Å². The predicted octanol–water partition coefficient (Wildman–Crippen LogP) is 5.12. The number of nitrogens with one attached hydrogen (secondary N) is 1. The molecular formula is C14H14Br2FNOS. The van der Waals surface area contributed by atoms with Crippen molar-refractivity contribution in [1.29, 1.82) is 0 Å². The Kier molecular flexibility index (Phi) is 5.60. The van der Waals surface area contributed by atoms with Crippen LogP contribution in [0.25, 0.3) is 0 Å². The fourth-order valence-electron chi connectivity index (χ4n) is 1.95. The minimum atomic E-state index is -0.347. The first kappa shape index (κ1) is 15.9. The van der Waals surface area contributed by atoms with Gasteiger partial charge in [-0.1, -0.05) is 13.0 Å². The van der Waals surface area contributed by atoms with Gasteiger partial charge in [0.2, 0.25) is 0 Å². The van der Waals surface area contributed by atoms with Crippen molar-refractivity contribution in [1.82, 2.24) is 5.32 Å². The summed E-state index contributed by atoms with van der Waals surface area (Å²) in [5.74, 6) is -0.0832. The van der Waals surface area contributed by atoms with Crippen LogP contribution in [0.2, 0.25) is 0 Å². The molecule has 0 saturated carbocycles. The molecule has 0 saturated heterocycles. The standard InChI is InChI=1S/C14H14Br2FNOS/c1-3-18-13(12-7-9(15)14(16)20-12)8-4-5-10(17)11(6-8)19-2/h4-7,13,18H,3H2,1-2H3. The lowest BCUT2D eigenvalue weighted by molar-refractivity contribution is 0.385. The Bertz CT molecular complexity index is 583. The number of hydrogen-bond acceptors (Lipinski definition) is 3. The van der Waals surface area contributed by atoms with Crippen molar-refractivity contribution in [2.45, 2.75) is 13.0 Å². The highest BCUT2D eigenvalue weighted by Gasteiger charge is 2.18. The second-order valence-electron chi connectivity index (χ2n) is 4.16. The zero-order chi connectivity index (χ0) is 14.7. The van der Waals surface area contributed by atoms with E-state index in [1.807, 2.05) is 6.92 Å². The molecule has 0 bridgehead atoms. The number of benzene rings is 1. The first-order valence-electron chi connectivity index (χ1n) is 6.08. The summed E-state index contributed by atoms with van der Waals surface area (Å²) in [6, 6.07) is 7.05. The Morgan fingerprint density at radius 2 is 2.10 bits per heavy atom. The van der Waals surface area contributed by atoms with E-state index in [1.54, 1.807) is 23.5 Å². The topological polar surface area (TPSA) is 21.3 Å². The largest absolute Gasteiger partial charge is 0.494 e. The molecule has 1 aromatic heterocycles. The average Bonchev–Trinajstić information content (AvgIpc) is 2.76. The number of halogens is 3. The van der Waals surface area contributed by atoms with E-state index in [0.29, 0.717) is 0 Å². The minimum Gasteiger partial charge on any atom is -0.494 e. The fraction of sp³-hybridized carbons (Fsp3) is 0.286. The van der Waals surface area contributed by atoms with Crippen molar-refractivity contribution in [3.8, 4) is 5.75 Å². The monoisotopic (exact) mass is 421 g/mol. The summed E-state index contributed by atoms with van der Waals surface area (Å²) in [5, 5.41) is 3.42. The smallest absolute Gasteiger partial charge is 0.165 e. The van der Waals surface area contributed by atoms with Crippen LogP contribution in [0.4, 0.5) is 4.39 Å². The molecule has 108 valence electrons. The van der Waals surface area contributed by atoms with Crippen LogP contribution in [0.1, 0.15) is 23.4 Å². The highest BCUT2D eigenvalue weighted by atomic mass is 79.9. The van der Waals surface area contributed by atoms with Gasteiger partial charge in [0.1, 0.15) is 0 Å². The first-order chi connectivity index (χ1) is 9.56. The molecule has 0 radical (unpaired) electrons. The van der Waals surface area contributed by atoms with E-state index in [2.05, 4.69) is 43.2 Å². The summed E-state index contributed by atoms with van der Waals surface area (Å²) in [6.45, 7) is 2.86. The predicted molar refractivity (Wildman–Crippen MR) is 88.2 cm³/mol. The quantitative estimate of drug-likeness (QED) is 0.721. The molecule has 20 heavy (non-hydrogen) atoms. The van der Waals surface area contributed by atoms with Crippen molar-refractivity contribution in [2.75, 3.05) is 13.7 Å². The maximum Gasteiger partial charge on any atom is 0.165 e. The van der Waals surface area contributed by atoms with E-state index < -0.39 is 0 Å². The highest BCUT2D eigenvalue weighted by Crippen LogP contribution is 2.38. The number of thiophene rings is 1. The van der Waals surface area contributed by atoms with Gasteiger partial charge in [-0.15, -0.1) is 11.3 Å². The summed E-state index contributed by atoms with van der Waals surface area (Å²) >= 11 is 8.65. The normalized spacial score (nSPS) is 12.4. The van der Waals surface area contributed by atoms with Crippen LogP contribution in [-0.2, 0) is 0 Å². The number of ether oxygens (including phenoxy) is 1. The van der Waals surface area contributed by atoms with E-state index in [-0.39, 0.29) is 17.6 Å². The lowest BCUT2D eigenvalue weighted by atomic mass is 10.0. The van der Waals surface area contributed by atoms with Crippen molar-refractivity contribution < 1.29 is 9.13 Å². The van der Waals surface area contributed by atoms with Crippen LogP contribution in [0.5, 0.6) is 5.75 Å². The highest BCUT2D eigenvalue weighted by molar-refractivity contribution is 9.13. The second kappa shape index (κ2) is 7.02. The maximum atomic E-state index is 13.5. The number of rotatable bonds is 5. The first-order valence-corrected chi connectivity index (χ1v) is 8.48. The van der Waals surface area contributed by atoms with Crippen LogP contribution in [0.3, 0.4) is 0 Å². The average molecular weight is 423 g/mol. The number of methoxy groups -OCH3 is 1. The summed E-state index contributed by atoms with van der Waals surface area (Å²) in [4.78, 5) is 1.15. The van der Waals surface area contributed by atoms with Crippen molar-refractivity contribution >= 4 is 43.2 Å². The summed E-state index contributed by atoms with van der Waals surface area (Å²) in [5.41, 5.74) is 0.978. The van der Waals surface area contributed by atoms with Crippen LogP contribution in [0.15, 0.2) is 32.5 Å². The Balaban J connectivity index is 2.42. The van der Waals surface area contributed by atoms with E-state index >= 15 is 0 Å². The molecule has 0 aliphatic rings. The van der Waals surface area contributed by atoms with Crippen LogP contribution < -0.4 is 10.1 Å². The summed E-state index contributed by atoms with van der Waals surface area (Å²) < 4.78 is 20.7. The van der Waals surface area contributed by atoms with Gasteiger partial charge in [-0.25, -0.2) is 4.39 Å². The minimum absolute atomic E-state index is 0.0158. The third-order valence-electron chi connectivity index (χ3n) is 2.87. The fourth-order valence-corrected chi connectivity index (χ4v) is 4.14. The van der Waals surface area contributed by atoms with E-state index in [4.69, 9.17) is 4.74 Å². The van der Waals surface area contributed by atoms with Gasteiger partial charge < -0.3 is 10.1 Å². The van der Waals surface area contributed by atoms with Crippen LogP contribution in [-0.4, -0.2) is 13.7 Å². The Morgan fingerprint density at radius 3 is 2.65 bits per heavy atom. The van der Waals surface area contributed by atoms with Crippen molar-refractivity contribution in [2.24, 2.45) is 0 Å². The van der Waals surface area contributed by atoms with E-state index in [0.717, 1.165) is 25.2 Å². The zero-order valence-electron chi connectivity index (χ0n) is 11.0. The SMILES string of the molecule is CCNC(c1ccc(F)c(OC)c1)c1cc(Br)c(Br)s1. The van der Waals surface area contributed by atoms with E-state index in [9.17, 15) is 4.39 Å². The van der Waals surface area contributed by atoms with Gasteiger partial charge in [-0.3, -0.25) is 0 Å². The molecule has 0 aliphatic heterocycles. The molecule has 2 aromatic rings. The van der Waals surface area contributed by atoms with Gasteiger partial charge in [0.15, 0.2) is 11.6 Å². The third kappa shape index (κ3) is 3.42. The van der Waals surface area contributed by atoms with Gasteiger partial charge in [-0.05, 0) is 62.2 Å². The Labute approximate surface area is 138 Å². The maximum absolute atomic E-state index is 13.5. The molecule has 2 rings (SSSR count). The molecule has 2 nitrogen and oxygen atoms in total. The third-order valence-corrected chi connectivity index (χ3v) is 6.19. The van der Waals surface area contributed by atoms with Crippen molar-refractivity contribution in [3.05, 3.63) is 48.8 Å². The Morgan fingerprint density at radius 1 is 1.35 bits per heavy atom. The second-order valence-corrected chi connectivity index (χ2v) is 7.41. The lowest BCUT2D eigenvalue weighted by Crippen LogP contribution is -2.21. The molecule has 0 spiro atoms. The summed E-state index contributed by atoms with van der Waals surface area (Å²) in [7, 11) is 1.47. The van der Waals surface area contributed by atoms with Gasteiger partial charge in [-0.2, -0.15) is 0 Å². The molecule has 1 N–H and O–H groups in total. The Hall–Kier alpha value is -0.430. The molecule has 0 aliphatic carbocycles. The molecule has 6 heteroatoms. The van der Waals surface area contributed by atoms with Gasteiger partial charge in [0.25, 0.3) is 0 Å². The van der Waals surface area contributed by atoms with Gasteiger partial charge in [0.05, 0.1) is 16.9 Å². The molecule has 1 heterocycles. The number of hydrogen-bond donors (Lipinski definition) is 1. The van der Waals surface area contributed by atoms with Crippen LogP contribution >= 0.6 is 43.2 Å². The lowest BCUT2D eigenvalue weighted by Gasteiger charge is -2.17. The molecule has 1 atom stereocenters. The van der Waals surface area contributed by atoms with Gasteiger partial charge in [0, 0.05) is 9.35 Å². The zero-order valence-corrected chi connectivity index (χ0v) is 15.0. The molecule has 0 fully saturated rings. The van der Waals surface area contributed by atoms with Crippen LogP contribution in [0, 0.1) is 5.82 Å². The molecule has 1 aromatic carbocycles. The molecule has 0 amide bonds.